The first-order valence-corrected chi connectivity index (χ1v) is 9.50. The Bertz CT molecular complexity index is 1190. The van der Waals surface area contributed by atoms with E-state index in [-0.39, 0.29) is 21.8 Å². The van der Waals surface area contributed by atoms with Crippen molar-refractivity contribution in [1.82, 2.24) is 10.3 Å². The van der Waals surface area contributed by atoms with Crippen molar-refractivity contribution in [2.75, 3.05) is 0 Å². The Morgan fingerprint density at radius 1 is 1.14 bits per heavy atom. The summed E-state index contributed by atoms with van der Waals surface area (Å²) < 4.78 is 38.7. The minimum Gasteiger partial charge on any atom is -0.300 e. The van der Waals surface area contributed by atoms with Gasteiger partial charge in [-0.05, 0) is 59.8 Å². The third kappa shape index (κ3) is 4.28. The van der Waals surface area contributed by atoms with Crippen LogP contribution in [0.4, 0.5) is 18.9 Å². The van der Waals surface area contributed by atoms with Crippen LogP contribution in [0.2, 0.25) is 5.02 Å². The average molecular weight is 434 g/mol. The first-order valence-electron chi connectivity index (χ1n) is 8.31. The largest absolute Gasteiger partial charge is 0.416 e. The van der Waals surface area contributed by atoms with E-state index in [0.717, 1.165) is 46.4 Å². The summed E-state index contributed by atoms with van der Waals surface area (Å²) in [5.74, 6) is -0.386. The molecule has 1 aliphatic rings. The Morgan fingerprint density at radius 2 is 1.97 bits per heavy atom. The van der Waals surface area contributed by atoms with Gasteiger partial charge in [0.2, 0.25) is 0 Å². The van der Waals surface area contributed by atoms with Crippen LogP contribution in [0.25, 0.3) is 17.0 Å². The number of rotatable bonds is 2. The molecule has 0 aliphatic carbocycles. The van der Waals surface area contributed by atoms with Crippen LogP contribution in [0.1, 0.15) is 11.1 Å². The molecule has 0 atom stereocenters. The second-order valence-corrected chi connectivity index (χ2v) is 7.54. The summed E-state index contributed by atoms with van der Waals surface area (Å²) in [6.07, 6.45) is -1.13. The number of carbonyl (C=O) groups is 1. The molecule has 0 unspecified atom stereocenters. The summed E-state index contributed by atoms with van der Waals surface area (Å²) >= 11 is 7.00. The Balaban J connectivity index is 1.63. The molecule has 1 fully saturated rings. The second-order valence-electron chi connectivity index (χ2n) is 6.10. The van der Waals surface area contributed by atoms with Crippen LogP contribution in [-0.4, -0.2) is 16.1 Å². The van der Waals surface area contributed by atoms with Crippen LogP contribution >= 0.6 is 23.4 Å². The van der Waals surface area contributed by atoms with E-state index in [1.54, 1.807) is 12.3 Å². The SMILES string of the molecule is O=C1N/C(=N\c2cc(C(F)(F)F)ccc2Cl)S/C1=C\c1ccc2ncccc2c1. The maximum Gasteiger partial charge on any atom is 0.416 e. The summed E-state index contributed by atoms with van der Waals surface area (Å²) in [5.41, 5.74) is 0.694. The van der Waals surface area contributed by atoms with Gasteiger partial charge in [-0.25, -0.2) is 4.99 Å². The molecule has 1 N–H and O–H groups in total. The van der Waals surface area contributed by atoms with E-state index in [9.17, 15) is 18.0 Å². The molecular formula is C20H11ClF3N3OS. The van der Waals surface area contributed by atoms with Crippen LogP contribution in [-0.2, 0) is 11.0 Å². The number of alkyl halides is 3. The topological polar surface area (TPSA) is 54.4 Å². The Morgan fingerprint density at radius 3 is 2.76 bits per heavy atom. The molecule has 0 spiro atoms. The van der Waals surface area contributed by atoms with Crippen molar-refractivity contribution in [2.24, 2.45) is 4.99 Å². The van der Waals surface area contributed by atoms with Gasteiger partial charge in [0.25, 0.3) is 5.91 Å². The summed E-state index contributed by atoms with van der Waals surface area (Å²) in [4.78, 5) is 21.0. The molecular weight excluding hydrogens is 423 g/mol. The molecule has 2 aromatic carbocycles. The third-order valence-corrected chi connectivity index (χ3v) is 5.30. The van der Waals surface area contributed by atoms with Gasteiger partial charge in [0, 0.05) is 11.6 Å². The van der Waals surface area contributed by atoms with Crippen LogP contribution in [0, 0.1) is 0 Å². The van der Waals surface area contributed by atoms with Gasteiger partial charge in [0.1, 0.15) is 0 Å². The zero-order chi connectivity index (χ0) is 20.6. The number of hydrogen-bond donors (Lipinski definition) is 1. The minimum atomic E-state index is -4.51. The lowest BCUT2D eigenvalue weighted by molar-refractivity contribution is -0.137. The van der Waals surface area contributed by atoms with Crippen LogP contribution in [0.3, 0.4) is 0 Å². The number of nitrogens with zero attached hydrogens (tertiary/aromatic N) is 2. The highest BCUT2D eigenvalue weighted by Gasteiger charge is 2.31. The smallest absolute Gasteiger partial charge is 0.300 e. The number of carbonyl (C=O) groups excluding carboxylic acids is 1. The molecule has 1 amide bonds. The minimum absolute atomic E-state index is 0.0554. The van der Waals surface area contributed by atoms with E-state index < -0.39 is 11.7 Å². The van der Waals surface area contributed by atoms with E-state index in [1.165, 1.54) is 0 Å². The van der Waals surface area contributed by atoms with Crippen LogP contribution in [0.5, 0.6) is 0 Å². The van der Waals surface area contributed by atoms with Gasteiger partial charge in [0.05, 0.1) is 26.7 Å². The fourth-order valence-corrected chi connectivity index (χ4v) is 3.69. The van der Waals surface area contributed by atoms with Crippen molar-refractivity contribution < 1.29 is 18.0 Å². The van der Waals surface area contributed by atoms with Gasteiger partial charge in [0.15, 0.2) is 5.17 Å². The summed E-state index contributed by atoms with van der Waals surface area (Å²) in [7, 11) is 0. The molecule has 0 radical (unpaired) electrons. The lowest BCUT2D eigenvalue weighted by Gasteiger charge is -2.08. The highest BCUT2D eigenvalue weighted by molar-refractivity contribution is 8.18. The normalized spacial score (nSPS) is 17.3. The molecule has 0 bridgehead atoms. The Kier molecular flexibility index (Phi) is 5.06. The number of aromatic nitrogens is 1. The quantitative estimate of drug-likeness (QED) is 0.520. The average Bonchev–Trinajstić information content (AvgIpc) is 3.01. The van der Waals surface area contributed by atoms with Gasteiger partial charge in [-0.1, -0.05) is 23.7 Å². The molecule has 0 saturated carbocycles. The maximum absolute atomic E-state index is 12.9. The van der Waals surface area contributed by atoms with Gasteiger partial charge >= 0.3 is 6.18 Å². The predicted molar refractivity (Wildman–Crippen MR) is 109 cm³/mol. The summed E-state index contributed by atoms with van der Waals surface area (Å²) in [6.45, 7) is 0. The molecule has 3 aromatic rings. The molecule has 4 rings (SSSR count). The number of hydrogen-bond acceptors (Lipinski definition) is 4. The predicted octanol–water partition coefficient (Wildman–Crippen LogP) is 5.80. The molecule has 29 heavy (non-hydrogen) atoms. The molecule has 1 aromatic heterocycles. The number of pyridine rings is 1. The van der Waals surface area contributed by atoms with Gasteiger partial charge in [-0.2, -0.15) is 13.2 Å². The van der Waals surface area contributed by atoms with Gasteiger partial charge in [-0.3, -0.25) is 9.78 Å². The Labute approximate surface area is 172 Å². The zero-order valence-electron chi connectivity index (χ0n) is 14.5. The number of fused-ring (bicyclic) bond motifs is 1. The van der Waals surface area contributed by atoms with Crippen molar-refractivity contribution >= 4 is 57.1 Å². The summed E-state index contributed by atoms with van der Waals surface area (Å²) in [6, 6.07) is 12.2. The van der Waals surface area contributed by atoms with Crippen molar-refractivity contribution in [3.63, 3.8) is 0 Å². The van der Waals surface area contributed by atoms with Crippen molar-refractivity contribution in [2.45, 2.75) is 6.18 Å². The van der Waals surface area contributed by atoms with Crippen molar-refractivity contribution in [3.05, 3.63) is 75.8 Å². The number of amides is 1. The van der Waals surface area contributed by atoms with E-state index in [1.807, 2.05) is 30.3 Å². The van der Waals surface area contributed by atoms with E-state index in [2.05, 4.69) is 15.3 Å². The van der Waals surface area contributed by atoms with Crippen molar-refractivity contribution in [1.29, 1.82) is 0 Å². The van der Waals surface area contributed by atoms with E-state index >= 15 is 0 Å². The van der Waals surface area contributed by atoms with Crippen LogP contribution < -0.4 is 5.32 Å². The fourth-order valence-electron chi connectivity index (χ4n) is 2.70. The number of benzene rings is 2. The van der Waals surface area contributed by atoms with E-state index in [0.29, 0.717) is 4.91 Å². The van der Waals surface area contributed by atoms with Crippen LogP contribution in [0.15, 0.2) is 64.6 Å². The number of nitrogens with one attached hydrogen (secondary N) is 1. The number of aliphatic imine (C=N–C) groups is 1. The highest BCUT2D eigenvalue weighted by atomic mass is 35.5. The zero-order valence-corrected chi connectivity index (χ0v) is 16.1. The number of thioether (sulfide) groups is 1. The van der Waals surface area contributed by atoms with Crippen molar-refractivity contribution in [3.8, 4) is 0 Å². The fraction of sp³-hybridized carbons (Fsp3) is 0.0500. The van der Waals surface area contributed by atoms with Gasteiger partial charge in [-0.15, -0.1) is 0 Å². The standard InChI is InChI=1S/C20H11ClF3N3OS/c21-14-5-4-13(20(22,23)24)10-16(14)26-19-27-18(28)17(29-19)9-11-3-6-15-12(8-11)2-1-7-25-15/h1-10H,(H,26,27,28)/b17-9-. The lowest BCUT2D eigenvalue weighted by atomic mass is 10.1. The first kappa shape index (κ1) is 19.5. The monoisotopic (exact) mass is 433 g/mol. The second kappa shape index (κ2) is 7.53. The maximum atomic E-state index is 12.9. The lowest BCUT2D eigenvalue weighted by Crippen LogP contribution is -2.19. The number of amidine groups is 1. The molecule has 1 saturated heterocycles. The summed E-state index contributed by atoms with van der Waals surface area (Å²) in [5, 5.41) is 3.69. The third-order valence-electron chi connectivity index (χ3n) is 4.07. The molecule has 9 heteroatoms. The van der Waals surface area contributed by atoms with Gasteiger partial charge < -0.3 is 5.32 Å². The molecule has 4 nitrogen and oxygen atoms in total. The number of halogens is 4. The molecule has 146 valence electrons. The molecule has 2 heterocycles. The Hall–Kier alpha value is -2.84. The molecule has 1 aliphatic heterocycles. The highest BCUT2D eigenvalue weighted by Crippen LogP contribution is 2.36. The van der Waals surface area contributed by atoms with E-state index in [4.69, 9.17) is 11.6 Å². The first-order chi connectivity index (χ1) is 13.8.